The van der Waals surface area contributed by atoms with Crippen LogP contribution < -0.4 is 4.90 Å². The molecule has 0 atom stereocenters. The highest BCUT2D eigenvalue weighted by molar-refractivity contribution is 5.73. The molecule has 0 radical (unpaired) electrons. The first-order valence-corrected chi connectivity index (χ1v) is 8.50. The van der Waals surface area contributed by atoms with Crippen molar-refractivity contribution < 1.29 is 14.8 Å². The highest BCUT2D eigenvalue weighted by atomic mass is 16.6. The van der Waals surface area contributed by atoms with E-state index in [0.29, 0.717) is 29.3 Å². The Bertz CT molecular complexity index is 830. The van der Waals surface area contributed by atoms with Gasteiger partial charge in [0.25, 0.3) is 5.69 Å². The summed E-state index contributed by atoms with van der Waals surface area (Å²) in [5.74, 6) is 0.391. The molecule has 26 heavy (non-hydrogen) atoms. The molecule has 1 saturated heterocycles. The van der Waals surface area contributed by atoms with Gasteiger partial charge >= 0.3 is 5.97 Å². The fourth-order valence-electron chi connectivity index (χ4n) is 3.18. The molecule has 1 aromatic heterocycles. The second-order valence-electron chi connectivity index (χ2n) is 6.39. The molecule has 1 aliphatic heterocycles. The normalized spacial score (nSPS) is 13.8. The molecule has 1 aliphatic rings. The third kappa shape index (κ3) is 3.96. The number of carboxylic acids is 1. The van der Waals surface area contributed by atoms with Crippen molar-refractivity contribution in [1.82, 2.24) is 9.97 Å². The number of aryl methyl sites for hydroxylation is 1. The first-order valence-electron chi connectivity index (χ1n) is 8.50. The Kier molecular flexibility index (Phi) is 5.11. The lowest BCUT2D eigenvalue weighted by atomic mass is 10.1. The zero-order valence-corrected chi connectivity index (χ0v) is 14.5. The van der Waals surface area contributed by atoms with Crippen LogP contribution in [0.2, 0.25) is 0 Å². The standard InChI is InChI=1S/C18H20N4O4/c1-12-15(11-17(23)24)18(21-8-2-3-9-21)20-16(19-12)10-13-4-6-14(7-5-13)22(25)26/h4-7H,2-3,8-11H2,1H3,(H,23,24). The molecular weight excluding hydrogens is 336 g/mol. The number of rotatable bonds is 6. The predicted octanol–water partition coefficient (Wildman–Crippen LogP) is 2.51. The summed E-state index contributed by atoms with van der Waals surface area (Å²) in [5, 5.41) is 20.0. The van der Waals surface area contributed by atoms with Crippen LogP contribution in [0.3, 0.4) is 0 Å². The lowest BCUT2D eigenvalue weighted by Crippen LogP contribution is -2.23. The third-order valence-electron chi connectivity index (χ3n) is 4.48. The number of carbonyl (C=O) groups is 1. The summed E-state index contributed by atoms with van der Waals surface area (Å²) in [6.07, 6.45) is 2.46. The van der Waals surface area contributed by atoms with E-state index in [4.69, 9.17) is 0 Å². The van der Waals surface area contributed by atoms with E-state index in [1.807, 2.05) is 0 Å². The third-order valence-corrected chi connectivity index (χ3v) is 4.48. The van der Waals surface area contributed by atoms with Crippen molar-refractivity contribution in [3.63, 3.8) is 0 Å². The van der Waals surface area contributed by atoms with Crippen molar-refractivity contribution in [3.05, 3.63) is 57.0 Å². The molecule has 1 fully saturated rings. The van der Waals surface area contributed by atoms with Gasteiger partial charge in [0.15, 0.2) is 0 Å². The van der Waals surface area contributed by atoms with Crippen molar-refractivity contribution in [3.8, 4) is 0 Å². The number of nitro groups is 1. The number of benzene rings is 1. The number of anilines is 1. The zero-order valence-electron chi connectivity index (χ0n) is 14.5. The average Bonchev–Trinajstić information content (AvgIpc) is 3.11. The van der Waals surface area contributed by atoms with E-state index in [1.165, 1.54) is 12.1 Å². The highest BCUT2D eigenvalue weighted by Crippen LogP contribution is 2.26. The maximum atomic E-state index is 11.2. The molecule has 2 heterocycles. The first-order chi connectivity index (χ1) is 12.4. The number of carboxylic acid groups (broad SMARTS) is 1. The molecule has 1 aromatic carbocycles. The molecule has 0 spiro atoms. The van der Waals surface area contributed by atoms with Crippen LogP contribution in [0.15, 0.2) is 24.3 Å². The van der Waals surface area contributed by atoms with E-state index in [9.17, 15) is 20.0 Å². The van der Waals surface area contributed by atoms with Crippen LogP contribution in [0, 0.1) is 17.0 Å². The molecule has 0 bridgehead atoms. The summed E-state index contributed by atoms with van der Waals surface area (Å²) in [6.45, 7) is 3.53. The van der Waals surface area contributed by atoms with Gasteiger partial charge in [-0.15, -0.1) is 0 Å². The van der Waals surface area contributed by atoms with Crippen LogP contribution in [0.4, 0.5) is 11.5 Å². The van der Waals surface area contributed by atoms with Crippen molar-refractivity contribution in [2.45, 2.75) is 32.6 Å². The Balaban J connectivity index is 1.92. The molecule has 1 N–H and O–H groups in total. The van der Waals surface area contributed by atoms with Crippen LogP contribution >= 0.6 is 0 Å². The summed E-state index contributed by atoms with van der Waals surface area (Å²) in [4.78, 5) is 32.8. The van der Waals surface area contributed by atoms with E-state index in [0.717, 1.165) is 31.5 Å². The zero-order chi connectivity index (χ0) is 18.7. The molecule has 8 heteroatoms. The quantitative estimate of drug-likeness (QED) is 0.625. The van der Waals surface area contributed by atoms with Crippen LogP contribution in [-0.2, 0) is 17.6 Å². The summed E-state index contributed by atoms with van der Waals surface area (Å²) >= 11 is 0. The topological polar surface area (TPSA) is 109 Å². The van der Waals surface area contributed by atoms with Gasteiger partial charge < -0.3 is 10.0 Å². The average molecular weight is 356 g/mol. The molecule has 0 saturated carbocycles. The Morgan fingerprint density at radius 2 is 1.88 bits per heavy atom. The maximum absolute atomic E-state index is 11.2. The molecule has 3 rings (SSSR count). The van der Waals surface area contributed by atoms with Gasteiger partial charge in [-0.05, 0) is 25.3 Å². The van der Waals surface area contributed by atoms with Gasteiger partial charge in [-0.3, -0.25) is 14.9 Å². The van der Waals surface area contributed by atoms with Crippen LogP contribution in [-0.4, -0.2) is 39.1 Å². The minimum Gasteiger partial charge on any atom is -0.481 e. The summed E-state index contributed by atoms with van der Waals surface area (Å²) < 4.78 is 0. The Morgan fingerprint density at radius 3 is 2.46 bits per heavy atom. The van der Waals surface area contributed by atoms with Gasteiger partial charge in [0.1, 0.15) is 11.6 Å². The van der Waals surface area contributed by atoms with E-state index >= 15 is 0 Å². The highest BCUT2D eigenvalue weighted by Gasteiger charge is 2.22. The smallest absolute Gasteiger partial charge is 0.308 e. The van der Waals surface area contributed by atoms with Crippen LogP contribution in [0.5, 0.6) is 0 Å². The molecule has 8 nitrogen and oxygen atoms in total. The number of nitro benzene ring substituents is 1. The predicted molar refractivity (Wildman–Crippen MR) is 95.5 cm³/mol. The first kappa shape index (κ1) is 17.8. The summed E-state index contributed by atoms with van der Waals surface area (Å²) in [6, 6.07) is 6.31. The fraction of sp³-hybridized carbons (Fsp3) is 0.389. The molecule has 0 unspecified atom stereocenters. The Morgan fingerprint density at radius 1 is 1.23 bits per heavy atom. The fourth-order valence-corrected chi connectivity index (χ4v) is 3.18. The molecule has 0 aliphatic carbocycles. The van der Waals surface area contributed by atoms with Gasteiger partial charge in [0.2, 0.25) is 0 Å². The lowest BCUT2D eigenvalue weighted by molar-refractivity contribution is -0.384. The number of aliphatic carboxylic acids is 1. The second kappa shape index (κ2) is 7.47. The minimum atomic E-state index is -0.903. The Labute approximate surface area is 150 Å². The van der Waals surface area contributed by atoms with Gasteiger partial charge in [0, 0.05) is 42.9 Å². The lowest BCUT2D eigenvalue weighted by Gasteiger charge is -2.21. The van der Waals surface area contributed by atoms with E-state index < -0.39 is 10.9 Å². The monoisotopic (exact) mass is 356 g/mol. The van der Waals surface area contributed by atoms with Crippen LogP contribution in [0.1, 0.15) is 35.5 Å². The number of aromatic nitrogens is 2. The van der Waals surface area contributed by atoms with Crippen molar-refractivity contribution in [2.24, 2.45) is 0 Å². The van der Waals surface area contributed by atoms with Gasteiger partial charge in [-0.25, -0.2) is 9.97 Å². The number of hydrogen-bond acceptors (Lipinski definition) is 6. The largest absolute Gasteiger partial charge is 0.481 e. The van der Waals surface area contributed by atoms with E-state index in [2.05, 4.69) is 14.9 Å². The SMILES string of the molecule is Cc1nc(Cc2ccc([N+](=O)[O-])cc2)nc(N2CCCC2)c1CC(=O)O. The summed E-state index contributed by atoms with van der Waals surface area (Å²) in [7, 11) is 0. The minimum absolute atomic E-state index is 0.0420. The number of hydrogen-bond donors (Lipinski definition) is 1. The molecule has 136 valence electrons. The van der Waals surface area contributed by atoms with Gasteiger partial charge in [-0.1, -0.05) is 12.1 Å². The molecule has 2 aromatic rings. The maximum Gasteiger partial charge on any atom is 0.308 e. The molecule has 0 amide bonds. The van der Waals surface area contributed by atoms with E-state index in [-0.39, 0.29) is 12.1 Å². The van der Waals surface area contributed by atoms with E-state index in [1.54, 1.807) is 19.1 Å². The van der Waals surface area contributed by atoms with Gasteiger partial charge in [0.05, 0.1) is 11.3 Å². The molecular formula is C18H20N4O4. The number of non-ortho nitro benzene ring substituents is 1. The second-order valence-corrected chi connectivity index (χ2v) is 6.39. The Hall–Kier alpha value is -3.03. The summed E-state index contributed by atoms with van der Waals surface area (Å²) in [5.41, 5.74) is 2.24. The van der Waals surface area contributed by atoms with Crippen molar-refractivity contribution in [1.29, 1.82) is 0 Å². The van der Waals surface area contributed by atoms with Crippen LogP contribution in [0.25, 0.3) is 0 Å². The number of nitrogens with zero attached hydrogens (tertiary/aromatic N) is 4. The van der Waals surface area contributed by atoms with Crippen molar-refractivity contribution in [2.75, 3.05) is 18.0 Å². The van der Waals surface area contributed by atoms with Gasteiger partial charge in [-0.2, -0.15) is 0 Å². The van der Waals surface area contributed by atoms with Crippen molar-refractivity contribution >= 4 is 17.5 Å².